The van der Waals surface area contributed by atoms with E-state index in [-0.39, 0.29) is 17.7 Å². The molecule has 4 nitrogen and oxygen atoms in total. The molecule has 4 heteroatoms. The molecule has 1 aliphatic rings. The van der Waals surface area contributed by atoms with E-state index in [1.165, 1.54) is 6.42 Å². The van der Waals surface area contributed by atoms with Crippen LogP contribution in [0.5, 0.6) is 0 Å². The highest BCUT2D eigenvalue weighted by Gasteiger charge is 2.37. The number of carboxylic acid groups (broad SMARTS) is 1. The molecule has 0 unspecified atom stereocenters. The van der Waals surface area contributed by atoms with Crippen LogP contribution in [0, 0.1) is 5.41 Å². The number of carbonyl (C=O) groups excluding carboxylic acids is 1. The first-order chi connectivity index (χ1) is 8.99. The number of amides is 1. The van der Waals surface area contributed by atoms with Gasteiger partial charge in [-0.2, -0.15) is 0 Å². The maximum Gasteiger partial charge on any atom is 0.303 e. The zero-order valence-electron chi connectivity index (χ0n) is 12.3. The van der Waals surface area contributed by atoms with Crippen LogP contribution in [-0.2, 0) is 9.59 Å². The number of rotatable bonds is 7. The van der Waals surface area contributed by atoms with E-state index in [2.05, 4.69) is 6.92 Å². The van der Waals surface area contributed by atoms with Crippen molar-refractivity contribution in [2.45, 2.75) is 64.7 Å². The minimum Gasteiger partial charge on any atom is -0.481 e. The molecule has 1 rings (SSSR count). The second-order valence-electron chi connectivity index (χ2n) is 5.98. The van der Waals surface area contributed by atoms with Crippen molar-refractivity contribution < 1.29 is 14.7 Å². The van der Waals surface area contributed by atoms with Gasteiger partial charge in [-0.15, -0.1) is 0 Å². The van der Waals surface area contributed by atoms with E-state index in [1.807, 2.05) is 7.05 Å². The third-order valence-corrected chi connectivity index (χ3v) is 4.24. The second-order valence-corrected chi connectivity index (χ2v) is 5.98. The smallest absolute Gasteiger partial charge is 0.303 e. The number of carbonyl (C=O) groups is 2. The lowest BCUT2D eigenvalue weighted by Crippen LogP contribution is -2.36. The van der Waals surface area contributed by atoms with E-state index in [1.54, 1.807) is 4.90 Å². The van der Waals surface area contributed by atoms with Crippen molar-refractivity contribution in [1.29, 1.82) is 0 Å². The molecule has 0 saturated heterocycles. The summed E-state index contributed by atoms with van der Waals surface area (Å²) in [5, 5.41) is 9.10. The molecule has 110 valence electrons. The molecule has 0 bridgehead atoms. The lowest BCUT2D eigenvalue weighted by molar-refractivity contribution is -0.142. The topological polar surface area (TPSA) is 57.6 Å². The van der Waals surface area contributed by atoms with Crippen molar-refractivity contribution in [2.24, 2.45) is 5.41 Å². The van der Waals surface area contributed by atoms with Crippen molar-refractivity contribution in [1.82, 2.24) is 4.90 Å². The summed E-state index contributed by atoms with van der Waals surface area (Å²) in [5.74, 6) is -0.664. The molecule has 0 heterocycles. The number of aliphatic carboxylic acids is 1. The van der Waals surface area contributed by atoms with Gasteiger partial charge in [-0.25, -0.2) is 0 Å². The van der Waals surface area contributed by atoms with Crippen LogP contribution < -0.4 is 0 Å². The number of unbranched alkanes of at least 4 members (excludes halogenated alkanes) is 1. The predicted molar refractivity (Wildman–Crippen MR) is 74.9 cm³/mol. The van der Waals surface area contributed by atoms with Gasteiger partial charge in [-0.05, 0) is 24.7 Å². The molecular weight excluding hydrogens is 242 g/mol. The Kier molecular flexibility index (Phi) is 6.32. The van der Waals surface area contributed by atoms with Crippen LogP contribution in [0.15, 0.2) is 0 Å². The fourth-order valence-corrected chi connectivity index (χ4v) is 3.01. The van der Waals surface area contributed by atoms with Crippen molar-refractivity contribution in [3.63, 3.8) is 0 Å². The molecule has 0 atom stereocenters. The average Bonchev–Trinajstić information content (AvgIpc) is 2.35. The Balaban J connectivity index is 2.61. The summed E-state index contributed by atoms with van der Waals surface area (Å²) in [6.45, 7) is 2.88. The van der Waals surface area contributed by atoms with Crippen molar-refractivity contribution >= 4 is 11.9 Å². The van der Waals surface area contributed by atoms with Crippen LogP contribution in [0.1, 0.15) is 64.7 Å². The zero-order valence-corrected chi connectivity index (χ0v) is 12.3. The zero-order chi connectivity index (χ0) is 14.3. The normalized spacial score (nSPS) is 18.0. The Morgan fingerprint density at radius 2 is 1.79 bits per heavy atom. The maximum absolute atomic E-state index is 12.2. The number of carboxylic acids is 1. The summed E-state index contributed by atoms with van der Waals surface area (Å²) in [7, 11) is 1.83. The highest BCUT2D eigenvalue weighted by molar-refractivity contribution is 5.78. The first-order valence-corrected chi connectivity index (χ1v) is 7.45. The van der Waals surface area contributed by atoms with E-state index >= 15 is 0 Å². The molecule has 0 spiro atoms. The summed E-state index contributed by atoms with van der Waals surface area (Å²) in [6.07, 6.45) is 7.66. The van der Waals surface area contributed by atoms with Gasteiger partial charge in [0.15, 0.2) is 0 Å². The lowest BCUT2D eigenvalue weighted by Gasteiger charge is -2.36. The molecule has 1 amide bonds. The quantitative estimate of drug-likeness (QED) is 0.772. The Labute approximate surface area is 116 Å². The van der Waals surface area contributed by atoms with Crippen molar-refractivity contribution in [3.05, 3.63) is 0 Å². The lowest BCUT2D eigenvalue weighted by atomic mass is 9.69. The Morgan fingerprint density at radius 3 is 2.32 bits per heavy atom. The van der Waals surface area contributed by atoms with Crippen LogP contribution in [0.3, 0.4) is 0 Å². The second kappa shape index (κ2) is 7.51. The van der Waals surface area contributed by atoms with Gasteiger partial charge in [0, 0.05) is 20.0 Å². The Morgan fingerprint density at radius 1 is 1.16 bits per heavy atom. The third-order valence-electron chi connectivity index (χ3n) is 4.24. The molecule has 0 aromatic heterocycles. The van der Waals surface area contributed by atoms with Crippen LogP contribution in [0.25, 0.3) is 0 Å². The van der Waals surface area contributed by atoms with Gasteiger partial charge in [0.05, 0.1) is 6.42 Å². The number of hydrogen-bond acceptors (Lipinski definition) is 2. The van der Waals surface area contributed by atoms with Crippen molar-refractivity contribution in [2.75, 3.05) is 13.6 Å². The van der Waals surface area contributed by atoms with E-state index in [0.29, 0.717) is 6.42 Å². The van der Waals surface area contributed by atoms with Crippen molar-refractivity contribution in [3.8, 4) is 0 Å². The molecule has 1 saturated carbocycles. The molecule has 0 aromatic carbocycles. The maximum atomic E-state index is 12.2. The first kappa shape index (κ1) is 16.0. The van der Waals surface area contributed by atoms with Gasteiger partial charge >= 0.3 is 5.97 Å². The third kappa shape index (κ3) is 5.21. The van der Waals surface area contributed by atoms with Gasteiger partial charge < -0.3 is 10.0 Å². The number of hydrogen-bond donors (Lipinski definition) is 1. The van der Waals surface area contributed by atoms with Gasteiger partial charge in [0.1, 0.15) is 0 Å². The molecule has 0 aromatic rings. The molecule has 0 radical (unpaired) electrons. The van der Waals surface area contributed by atoms with Crippen LogP contribution in [0.4, 0.5) is 0 Å². The van der Waals surface area contributed by atoms with E-state index < -0.39 is 5.97 Å². The number of nitrogens with zero attached hydrogens (tertiary/aromatic N) is 1. The van der Waals surface area contributed by atoms with Crippen LogP contribution in [0.2, 0.25) is 0 Å². The molecular formula is C15H27NO3. The summed E-state index contributed by atoms with van der Waals surface area (Å²) in [4.78, 5) is 25.1. The summed E-state index contributed by atoms with van der Waals surface area (Å²) in [5.41, 5.74) is -0.290. The largest absolute Gasteiger partial charge is 0.481 e. The van der Waals surface area contributed by atoms with Gasteiger partial charge in [0.25, 0.3) is 0 Å². The van der Waals surface area contributed by atoms with Crippen LogP contribution >= 0.6 is 0 Å². The van der Waals surface area contributed by atoms with Gasteiger partial charge in [-0.3, -0.25) is 9.59 Å². The summed E-state index contributed by atoms with van der Waals surface area (Å²) >= 11 is 0. The fourth-order valence-electron chi connectivity index (χ4n) is 3.01. The SMILES string of the molecule is CCCCN(C)C(=O)CC1(CC(=O)O)CCCCC1. The molecule has 1 N–H and O–H groups in total. The summed E-state index contributed by atoms with van der Waals surface area (Å²) < 4.78 is 0. The summed E-state index contributed by atoms with van der Waals surface area (Å²) in [6, 6.07) is 0. The minimum atomic E-state index is -0.772. The fraction of sp³-hybridized carbons (Fsp3) is 0.867. The molecule has 0 aliphatic heterocycles. The highest BCUT2D eigenvalue weighted by atomic mass is 16.4. The highest BCUT2D eigenvalue weighted by Crippen LogP contribution is 2.42. The average molecular weight is 269 g/mol. The molecule has 1 aliphatic carbocycles. The predicted octanol–water partition coefficient (Wildman–Crippen LogP) is 3.06. The molecule has 1 fully saturated rings. The van der Waals surface area contributed by atoms with E-state index in [9.17, 15) is 9.59 Å². The van der Waals surface area contributed by atoms with Gasteiger partial charge in [-0.1, -0.05) is 32.6 Å². The Hall–Kier alpha value is -1.06. The van der Waals surface area contributed by atoms with Gasteiger partial charge in [0.2, 0.25) is 5.91 Å². The molecule has 19 heavy (non-hydrogen) atoms. The first-order valence-electron chi connectivity index (χ1n) is 7.45. The van der Waals surface area contributed by atoms with E-state index in [0.717, 1.165) is 45.1 Å². The monoisotopic (exact) mass is 269 g/mol. The van der Waals surface area contributed by atoms with E-state index in [4.69, 9.17) is 5.11 Å². The standard InChI is InChI=1S/C15H27NO3/c1-3-4-10-16(2)13(17)11-15(12-14(18)19)8-6-5-7-9-15/h3-12H2,1-2H3,(H,18,19). The minimum absolute atomic E-state index is 0.108. The van der Waals surface area contributed by atoms with Crippen LogP contribution in [-0.4, -0.2) is 35.5 Å². The Bertz CT molecular complexity index is 309.